The van der Waals surface area contributed by atoms with Crippen LogP contribution in [0.1, 0.15) is 35.7 Å². The highest BCUT2D eigenvalue weighted by Gasteiger charge is 2.32. The maximum absolute atomic E-state index is 13.1. The number of anilines is 1. The minimum Gasteiger partial charge on any atom is -0.506 e. The Morgan fingerprint density at radius 2 is 2.09 bits per heavy atom. The SMILES string of the molecule is CC1CN(C(=O)c2cc(Cl)cc(Cl)c2O)CC=C1c1cc(N(C=O)C2CC2)nc2[nH]ccc12. The standard InChI is InChI=1S/C24H22Cl2N4O3/c1-13-11-29(24(33)19-8-14(25)9-20(26)22(19)32)7-5-16(13)18-10-21(30(12-31)15-2-3-15)28-23-17(18)4-6-27-23/h4-6,8-10,12-13,15,32H,2-3,7,11H2,1H3,(H,27,28). The van der Waals surface area contributed by atoms with Crippen molar-refractivity contribution in [2.75, 3.05) is 18.0 Å². The molecule has 0 radical (unpaired) electrons. The Hall–Kier alpha value is -3.03. The lowest BCUT2D eigenvalue weighted by atomic mass is 9.89. The molecule has 170 valence electrons. The summed E-state index contributed by atoms with van der Waals surface area (Å²) in [6, 6.07) is 6.98. The van der Waals surface area contributed by atoms with Crippen LogP contribution in [-0.4, -0.2) is 51.4 Å². The smallest absolute Gasteiger partial charge is 0.258 e. The fourth-order valence-corrected chi connectivity index (χ4v) is 4.92. The van der Waals surface area contributed by atoms with Crippen molar-refractivity contribution in [3.05, 3.63) is 57.7 Å². The summed E-state index contributed by atoms with van der Waals surface area (Å²) >= 11 is 12.0. The van der Waals surface area contributed by atoms with Gasteiger partial charge in [0.15, 0.2) is 0 Å². The van der Waals surface area contributed by atoms with Gasteiger partial charge in [-0.2, -0.15) is 0 Å². The maximum Gasteiger partial charge on any atom is 0.258 e. The zero-order valence-corrected chi connectivity index (χ0v) is 19.4. The monoisotopic (exact) mass is 484 g/mol. The van der Waals surface area contributed by atoms with E-state index in [1.807, 2.05) is 31.3 Å². The summed E-state index contributed by atoms with van der Waals surface area (Å²) in [5.41, 5.74) is 2.89. The van der Waals surface area contributed by atoms with Crippen molar-refractivity contribution < 1.29 is 14.7 Å². The molecule has 2 aliphatic rings. The zero-order chi connectivity index (χ0) is 23.3. The Labute approximate surface area is 200 Å². The van der Waals surface area contributed by atoms with Gasteiger partial charge in [-0.3, -0.25) is 14.5 Å². The third-order valence-electron chi connectivity index (χ3n) is 6.25. The summed E-state index contributed by atoms with van der Waals surface area (Å²) in [5.74, 6) is 0.0402. The van der Waals surface area contributed by atoms with E-state index < -0.39 is 0 Å². The number of fused-ring (bicyclic) bond motifs is 1. The molecule has 0 spiro atoms. The number of hydrogen-bond acceptors (Lipinski definition) is 4. The van der Waals surface area contributed by atoms with Gasteiger partial charge in [0, 0.05) is 35.7 Å². The average molecular weight is 485 g/mol. The second-order valence-corrected chi connectivity index (χ2v) is 9.41. The van der Waals surface area contributed by atoms with E-state index in [4.69, 9.17) is 23.2 Å². The van der Waals surface area contributed by atoms with Crippen molar-refractivity contribution in [2.24, 2.45) is 5.92 Å². The summed E-state index contributed by atoms with van der Waals surface area (Å²) in [7, 11) is 0. The second-order valence-electron chi connectivity index (χ2n) is 8.57. The van der Waals surface area contributed by atoms with E-state index in [0.29, 0.717) is 18.9 Å². The van der Waals surface area contributed by atoms with E-state index in [0.717, 1.165) is 41.4 Å². The Balaban J connectivity index is 1.49. The summed E-state index contributed by atoms with van der Waals surface area (Å²) in [6.45, 7) is 2.87. The average Bonchev–Trinajstić information content (AvgIpc) is 3.51. The van der Waals surface area contributed by atoms with E-state index in [1.165, 1.54) is 12.1 Å². The highest BCUT2D eigenvalue weighted by Crippen LogP contribution is 2.38. The van der Waals surface area contributed by atoms with Crippen molar-refractivity contribution in [1.82, 2.24) is 14.9 Å². The molecule has 2 amide bonds. The van der Waals surface area contributed by atoms with Crippen LogP contribution >= 0.6 is 23.2 Å². The Bertz CT molecular complexity index is 1300. The predicted molar refractivity (Wildman–Crippen MR) is 129 cm³/mol. The molecule has 1 aromatic carbocycles. The molecule has 2 aromatic heterocycles. The number of hydrogen-bond donors (Lipinski definition) is 2. The first-order valence-electron chi connectivity index (χ1n) is 10.8. The summed E-state index contributed by atoms with van der Waals surface area (Å²) in [5, 5.41) is 11.6. The molecule has 3 aromatic rings. The Kier molecular flexibility index (Phi) is 5.54. The fraction of sp³-hybridized carbons (Fsp3) is 0.292. The summed E-state index contributed by atoms with van der Waals surface area (Å²) < 4.78 is 0. The number of carbonyl (C=O) groups is 2. The number of rotatable bonds is 5. The van der Waals surface area contributed by atoms with Crippen LogP contribution in [0.4, 0.5) is 5.82 Å². The molecule has 33 heavy (non-hydrogen) atoms. The van der Waals surface area contributed by atoms with Gasteiger partial charge in [-0.25, -0.2) is 4.98 Å². The van der Waals surface area contributed by atoms with Gasteiger partial charge in [0.2, 0.25) is 6.41 Å². The van der Waals surface area contributed by atoms with Crippen LogP contribution in [-0.2, 0) is 4.79 Å². The third-order valence-corrected chi connectivity index (χ3v) is 6.75. The number of phenolic OH excluding ortho intramolecular Hbond substituents is 1. The van der Waals surface area contributed by atoms with Crippen LogP contribution in [0.25, 0.3) is 16.6 Å². The first kappa shape index (κ1) is 21.8. The number of nitrogens with one attached hydrogen (secondary N) is 1. The van der Waals surface area contributed by atoms with Gasteiger partial charge in [0.05, 0.1) is 10.6 Å². The largest absolute Gasteiger partial charge is 0.506 e. The van der Waals surface area contributed by atoms with Gasteiger partial charge in [0.1, 0.15) is 17.2 Å². The molecule has 2 N–H and O–H groups in total. The molecule has 5 rings (SSSR count). The number of aromatic hydroxyl groups is 1. The summed E-state index contributed by atoms with van der Waals surface area (Å²) in [4.78, 5) is 36.0. The molecule has 0 saturated heterocycles. The van der Waals surface area contributed by atoms with Crippen LogP contribution < -0.4 is 4.90 Å². The molecule has 1 fully saturated rings. The second kappa shape index (κ2) is 8.39. The lowest BCUT2D eigenvalue weighted by Crippen LogP contribution is -2.38. The third kappa shape index (κ3) is 3.96. The minimum absolute atomic E-state index is 0.0125. The topological polar surface area (TPSA) is 89.5 Å². The number of pyridine rings is 1. The molecule has 1 aliphatic carbocycles. The highest BCUT2D eigenvalue weighted by molar-refractivity contribution is 6.36. The van der Waals surface area contributed by atoms with Crippen LogP contribution in [0.3, 0.4) is 0 Å². The molecule has 0 bridgehead atoms. The fourth-order valence-electron chi connectivity index (χ4n) is 4.43. The number of aromatic nitrogens is 2. The van der Waals surface area contributed by atoms with Crippen LogP contribution in [0, 0.1) is 5.92 Å². The van der Waals surface area contributed by atoms with Gasteiger partial charge in [-0.15, -0.1) is 0 Å². The van der Waals surface area contributed by atoms with E-state index >= 15 is 0 Å². The van der Waals surface area contributed by atoms with Crippen molar-refractivity contribution in [3.8, 4) is 5.75 Å². The van der Waals surface area contributed by atoms with Crippen molar-refractivity contribution in [1.29, 1.82) is 0 Å². The molecule has 1 atom stereocenters. The van der Waals surface area contributed by atoms with E-state index in [9.17, 15) is 14.7 Å². The van der Waals surface area contributed by atoms with E-state index in [2.05, 4.69) is 9.97 Å². The maximum atomic E-state index is 13.1. The zero-order valence-electron chi connectivity index (χ0n) is 17.9. The van der Waals surface area contributed by atoms with Gasteiger partial charge < -0.3 is 15.0 Å². The van der Waals surface area contributed by atoms with Gasteiger partial charge in [-0.05, 0) is 54.2 Å². The summed E-state index contributed by atoms with van der Waals surface area (Å²) in [6.07, 6.45) is 6.66. The number of phenols is 1. The number of carbonyl (C=O) groups excluding carboxylic acids is 2. The van der Waals surface area contributed by atoms with Gasteiger partial charge >= 0.3 is 0 Å². The first-order chi connectivity index (χ1) is 15.9. The van der Waals surface area contributed by atoms with Crippen molar-refractivity contribution in [3.63, 3.8) is 0 Å². The number of nitrogens with zero attached hydrogens (tertiary/aromatic N) is 3. The van der Waals surface area contributed by atoms with Crippen LogP contribution in [0.2, 0.25) is 10.0 Å². The lowest BCUT2D eigenvalue weighted by molar-refractivity contribution is -0.107. The molecule has 7 nitrogen and oxygen atoms in total. The Morgan fingerprint density at radius 3 is 2.79 bits per heavy atom. The Morgan fingerprint density at radius 1 is 1.30 bits per heavy atom. The molecule has 9 heteroatoms. The molecule has 3 heterocycles. The first-order valence-corrected chi connectivity index (χ1v) is 11.5. The quantitative estimate of drug-likeness (QED) is 0.505. The molecular weight excluding hydrogens is 463 g/mol. The van der Waals surface area contributed by atoms with E-state index in [1.54, 1.807) is 9.80 Å². The van der Waals surface area contributed by atoms with E-state index in [-0.39, 0.29) is 39.2 Å². The minimum atomic E-state index is -0.331. The molecule has 1 aliphatic heterocycles. The predicted octanol–water partition coefficient (Wildman–Crippen LogP) is 4.88. The van der Waals surface area contributed by atoms with Crippen LogP contribution in [0.5, 0.6) is 5.75 Å². The lowest BCUT2D eigenvalue weighted by Gasteiger charge is -2.32. The van der Waals surface area contributed by atoms with Gasteiger partial charge in [-0.1, -0.05) is 36.2 Å². The number of aromatic amines is 1. The molecule has 1 saturated carbocycles. The van der Waals surface area contributed by atoms with Crippen LogP contribution in [0.15, 0.2) is 36.5 Å². The van der Waals surface area contributed by atoms with Crippen molar-refractivity contribution in [2.45, 2.75) is 25.8 Å². The number of H-pyrrole nitrogens is 1. The number of amides is 2. The normalized spacial score (nSPS) is 18.3. The van der Waals surface area contributed by atoms with Gasteiger partial charge in [0.25, 0.3) is 5.91 Å². The number of halogens is 2. The molecular formula is C24H22Cl2N4O3. The number of benzene rings is 1. The van der Waals surface area contributed by atoms with Crippen molar-refractivity contribution >= 4 is 57.9 Å². The highest BCUT2D eigenvalue weighted by atomic mass is 35.5. The molecule has 1 unspecified atom stereocenters.